The Morgan fingerprint density at radius 1 is 1.27 bits per heavy atom. The van der Waals surface area contributed by atoms with E-state index >= 15 is 4.39 Å². The second-order valence-electron chi connectivity index (χ2n) is 8.61. The summed E-state index contributed by atoms with van der Waals surface area (Å²) < 4.78 is 17.1. The summed E-state index contributed by atoms with van der Waals surface area (Å²) in [5.74, 6) is -1.45. The molecule has 1 N–H and O–H groups in total. The predicted octanol–water partition coefficient (Wildman–Crippen LogP) is 4.13. The summed E-state index contributed by atoms with van der Waals surface area (Å²) in [4.78, 5) is 28.6. The van der Waals surface area contributed by atoms with E-state index in [-0.39, 0.29) is 40.6 Å². The number of nitrogens with zero attached hydrogens (tertiary/aromatic N) is 3. The van der Waals surface area contributed by atoms with Crippen molar-refractivity contribution >= 4 is 46.6 Å². The zero-order chi connectivity index (χ0) is 20.6. The normalized spacial score (nSPS) is 26.1. The molecule has 6 rings (SSSR count). The fraction of sp³-hybridized carbons (Fsp3) is 0.524. The first kappa shape index (κ1) is 21.4. The molecule has 0 spiro atoms. The van der Waals surface area contributed by atoms with Crippen LogP contribution in [0, 0.1) is 11.7 Å². The van der Waals surface area contributed by atoms with Crippen LogP contribution in [0.2, 0.25) is 5.02 Å². The molecular formula is C21H24Cl2FN3O3. The van der Waals surface area contributed by atoms with E-state index in [0.29, 0.717) is 23.2 Å². The number of piperidine rings is 2. The molecule has 1 aliphatic carbocycles. The summed E-state index contributed by atoms with van der Waals surface area (Å²) in [5.41, 5.74) is -0.275. The van der Waals surface area contributed by atoms with Gasteiger partial charge in [-0.3, -0.25) is 9.69 Å². The lowest BCUT2D eigenvalue weighted by molar-refractivity contribution is 0.0337. The molecule has 4 heterocycles. The Hall–Kier alpha value is -1.83. The van der Waals surface area contributed by atoms with Gasteiger partial charge in [-0.2, -0.15) is 0 Å². The summed E-state index contributed by atoms with van der Waals surface area (Å²) in [5, 5.41) is 9.66. The Kier molecular flexibility index (Phi) is 5.27. The summed E-state index contributed by atoms with van der Waals surface area (Å²) in [7, 11) is 2.06. The molecule has 1 saturated carbocycles. The number of benzene rings is 1. The molecule has 2 aromatic rings. The number of anilines is 1. The number of carboxylic acids is 1. The van der Waals surface area contributed by atoms with Gasteiger partial charge in [-0.1, -0.05) is 11.6 Å². The molecule has 0 amide bonds. The van der Waals surface area contributed by atoms with Gasteiger partial charge in [0.05, 0.1) is 27.8 Å². The van der Waals surface area contributed by atoms with Crippen LogP contribution in [0.25, 0.3) is 10.9 Å². The van der Waals surface area contributed by atoms with Crippen molar-refractivity contribution in [2.75, 3.05) is 18.5 Å². The summed E-state index contributed by atoms with van der Waals surface area (Å²) >= 11 is 6.77. The minimum atomic E-state index is -1.31. The predicted molar refractivity (Wildman–Crippen MR) is 117 cm³/mol. The molecule has 1 aromatic carbocycles. The molecule has 4 fully saturated rings. The first-order valence-electron chi connectivity index (χ1n) is 10.1. The minimum absolute atomic E-state index is 0. The van der Waals surface area contributed by atoms with E-state index in [1.165, 1.54) is 12.3 Å². The van der Waals surface area contributed by atoms with Gasteiger partial charge in [-0.25, -0.2) is 9.18 Å². The molecule has 3 saturated heterocycles. The summed E-state index contributed by atoms with van der Waals surface area (Å²) in [6, 6.07) is 1.69. The molecule has 3 aliphatic heterocycles. The number of fused-ring (bicyclic) bond motifs is 4. The van der Waals surface area contributed by atoms with E-state index in [1.54, 1.807) is 4.57 Å². The first-order valence-corrected chi connectivity index (χ1v) is 10.5. The Morgan fingerprint density at radius 2 is 1.97 bits per heavy atom. The second-order valence-corrected chi connectivity index (χ2v) is 8.99. The highest BCUT2D eigenvalue weighted by Gasteiger charge is 2.44. The zero-order valence-electron chi connectivity index (χ0n) is 16.8. The molecule has 30 heavy (non-hydrogen) atoms. The fourth-order valence-electron chi connectivity index (χ4n) is 5.13. The molecule has 6 nitrogen and oxygen atoms in total. The molecule has 162 valence electrons. The maximum atomic E-state index is 15.3. The van der Waals surface area contributed by atoms with Gasteiger partial charge in [-0.05, 0) is 51.6 Å². The lowest BCUT2D eigenvalue weighted by Crippen LogP contribution is -2.64. The highest BCUT2D eigenvalue weighted by molar-refractivity contribution is 6.38. The number of rotatable bonds is 3. The maximum absolute atomic E-state index is 15.3. The van der Waals surface area contributed by atoms with Crippen LogP contribution in [-0.2, 0) is 0 Å². The van der Waals surface area contributed by atoms with Gasteiger partial charge in [-0.15, -0.1) is 12.4 Å². The smallest absolute Gasteiger partial charge is 0.341 e. The van der Waals surface area contributed by atoms with Crippen molar-refractivity contribution in [3.05, 3.63) is 38.9 Å². The molecule has 4 aliphatic rings. The van der Waals surface area contributed by atoms with Gasteiger partial charge in [0, 0.05) is 24.8 Å². The standard InChI is InChI=1S/C21H23ClFN3O3.ClH/c1-10-11-3-6-16(24(10)2)26(8-11)19-15(23)7-13-18(17(19)22)25(12-4-5-12)9-14(20(13)27)21(28)29;/h7,9-12,16H,3-6,8H2,1-2H3,(H,28,29);1H. The van der Waals surface area contributed by atoms with Crippen LogP contribution < -0.4 is 10.3 Å². The Balaban J connectivity index is 0.00000218. The number of aromatic carboxylic acids is 1. The van der Waals surface area contributed by atoms with Crippen molar-refractivity contribution in [2.45, 2.75) is 50.9 Å². The van der Waals surface area contributed by atoms with Gasteiger partial charge < -0.3 is 14.6 Å². The van der Waals surface area contributed by atoms with Crippen molar-refractivity contribution in [2.24, 2.45) is 5.92 Å². The number of aromatic nitrogens is 1. The van der Waals surface area contributed by atoms with Crippen molar-refractivity contribution in [3.63, 3.8) is 0 Å². The van der Waals surface area contributed by atoms with Gasteiger partial charge in [0.15, 0.2) is 0 Å². The number of carbonyl (C=O) groups is 1. The van der Waals surface area contributed by atoms with Crippen LogP contribution >= 0.6 is 24.0 Å². The minimum Gasteiger partial charge on any atom is -0.477 e. The fourth-order valence-corrected chi connectivity index (χ4v) is 5.53. The number of carboxylic acid groups (broad SMARTS) is 1. The second kappa shape index (κ2) is 7.39. The third kappa shape index (κ3) is 3.01. The summed E-state index contributed by atoms with van der Waals surface area (Å²) in [6.07, 6.45) is 5.23. The third-order valence-electron chi connectivity index (χ3n) is 7.02. The molecule has 9 heteroatoms. The maximum Gasteiger partial charge on any atom is 0.341 e. The topological polar surface area (TPSA) is 65.8 Å². The van der Waals surface area contributed by atoms with E-state index in [9.17, 15) is 14.7 Å². The van der Waals surface area contributed by atoms with Crippen LogP contribution in [0.1, 0.15) is 49.0 Å². The molecule has 1 aromatic heterocycles. The average molecular weight is 456 g/mol. The molecule has 2 bridgehead atoms. The van der Waals surface area contributed by atoms with E-state index in [4.69, 9.17) is 11.6 Å². The van der Waals surface area contributed by atoms with E-state index in [1.807, 2.05) is 4.90 Å². The molecule has 3 atom stereocenters. The van der Waals surface area contributed by atoms with Crippen LogP contribution in [-0.4, -0.2) is 46.3 Å². The lowest BCUT2D eigenvalue weighted by Gasteiger charge is -2.55. The van der Waals surface area contributed by atoms with Crippen molar-refractivity contribution in [1.29, 1.82) is 0 Å². The number of hydrogen-bond donors (Lipinski definition) is 1. The lowest BCUT2D eigenvalue weighted by atomic mass is 9.83. The van der Waals surface area contributed by atoms with Crippen molar-refractivity contribution in [3.8, 4) is 0 Å². The van der Waals surface area contributed by atoms with Crippen molar-refractivity contribution < 1.29 is 14.3 Å². The van der Waals surface area contributed by atoms with E-state index < -0.39 is 17.2 Å². The molecular weight excluding hydrogens is 432 g/mol. The Morgan fingerprint density at radius 3 is 2.57 bits per heavy atom. The zero-order valence-corrected chi connectivity index (χ0v) is 18.3. The Labute approximate surface area is 184 Å². The number of hydrogen-bond acceptors (Lipinski definition) is 4. The van der Waals surface area contributed by atoms with Gasteiger partial charge in [0.25, 0.3) is 0 Å². The highest BCUT2D eigenvalue weighted by atomic mass is 35.5. The third-order valence-corrected chi connectivity index (χ3v) is 7.38. The van der Waals surface area contributed by atoms with Crippen LogP contribution in [0.4, 0.5) is 10.1 Å². The van der Waals surface area contributed by atoms with Gasteiger partial charge >= 0.3 is 5.97 Å². The van der Waals surface area contributed by atoms with Gasteiger partial charge in [0.2, 0.25) is 5.43 Å². The largest absolute Gasteiger partial charge is 0.477 e. The van der Waals surface area contributed by atoms with E-state index in [0.717, 1.165) is 32.2 Å². The monoisotopic (exact) mass is 455 g/mol. The highest BCUT2D eigenvalue weighted by Crippen LogP contribution is 2.45. The molecule has 3 unspecified atom stereocenters. The van der Waals surface area contributed by atoms with Crippen molar-refractivity contribution in [1.82, 2.24) is 9.47 Å². The molecule has 0 radical (unpaired) electrons. The van der Waals surface area contributed by atoms with Crippen LogP contribution in [0.15, 0.2) is 17.1 Å². The van der Waals surface area contributed by atoms with Crippen LogP contribution in [0.3, 0.4) is 0 Å². The SMILES string of the molecule is CC1C2CCC(N(c3c(F)cc4c(=O)c(C(=O)O)cn(C5CC5)c4c3Cl)C2)N1C.Cl. The first-order chi connectivity index (χ1) is 13.8. The number of halogens is 3. The van der Waals surface area contributed by atoms with Crippen LogP contribution in [0.5, 0.6) is 0 Å². The Bertz CT molecular complexity index is 1100. The summed E-state index contributed by atoms with van der Waals surface area (Å²) in [6.45, 7) is 2.92. The average Bonchev–Trinajstić information content (AvgIpc) is 3.51. The quantitative estimate of drug-likeness (QED) is 0.753. The van der Waals surface area contributed by atoms with E-state index in [2.05, 4.69) is 18.9 Å². The van der Waals surface area contributed by atoms with Gasteiger partial charge in [0.1, 0.15) is 11.4 Å². The number of pyridine rings is 1.